The summed E-state index contributed by atoms with van der Waals surface area (Å²) < 4.78 is 5.89. The highest BCUT2D eigenvalue weighted by atomic mass is 16.5. The quantitative estimate of drug-likeness (QED) is 0.790. The predicted molar refractivity (Wildman–Crippen MR) is 72.9 cm³/mol. The van der Waals surface area contributed by atoms with Crippen molar-refractivity contribution in [2.75, 3.05) is 11.9 Å². The Hall–Kier alpha value is -1.18. The molecule has 17 heavy (non-hydrogen) atoms. The van der Waals surface area contributed by atoms with Gasteiger partial charge in [-0.05, 0) is 29.0 Å². The molecule has 1 aromatic carbocycles. The van der Waals surface area contributed by atoms with Crippen molar-refractivity contribution in [3.05, 3.63) is 23.8 Å². The molecule has 0 saturated carbocycles. The molecule has 1 heterocycles. The van der Waals surface area contributed by atoms with E-state index in [0.29, 0.717) is 12.0 Å². The first-order valence-corrected chi connectivity index (χ1v) is 6.41. The van der Waals surface area contributed by atoms with Gasteiger partial charge in [0.1, 0.15) is 12.4 Å². The molecule has 1 aromatic rings. The maximum Gasteiger partial charge on any atom is 0.142 e. The Balaban J connectivity index is 2.23. The van der Waals surface area contributed by atoms with Crippen LogP contribution in [-0.4, -0.2) is 12.6 Å². The van der Waals surface area contributed by atoms with E-state index in [1.54, 1.807) is 0 Å². The summed E-state index contributed by atoms with van der Waals surface area (Å²) in [6.45, 7) is 11.9. The standard InChI is InChI=1S/C15H23NO/c1-10(2)11-6-7-12-13(8-11)17-9-14(16-12)15(3,4)5/h6-8,10,14,16H,9H2,1-5H3. The number of hydrogen-bond donors (Lipinski definition) is 1. The van der Waals surface area contributed by atoms with Gasteiger partial charge in [-0.3, -0.25) is 0 Å². The van der Waals surface area contributed by atoms with Crippen LogP contribution in [0.5, 0.6) is 5.75 Å². The van der Waals surface area contributed by atoms with Gasteiger partial charge in [0.05, 0.1) is 11.7 Å². The maximum absolute atomic E-state index is 5.89. The third kappa shape index (κ3) is 2.56. The van der Waals surface area contributed by atoms with Gasteiger partial charge in [0.25, 0.3) is 0 Å². The van der Waals surface area contributed by atoms with Crippen LogP contribution >= 0.6 is 0 Å². The Labute approximate surface area is 104 Å². The monoisotopic (exact) mass is 233 g/mol. The molecule has 1 aliphatic rings. The topological polar surface area (TPSA) is 21.3 Å². The molecule has 1 atom stereocenters. The van der Waals surface area contributed by atoms with E-state index in [-0.39, 0.29) is 5.41 Å². The number of anilines is 1. The van der Waals surface area contributed by atoms with Crippen molar-refractivity contribution in [3.63, 3.8) is 0 Å². The van der Waals surface area contributed by atoms with Gasteiger partial charge in [0.2, 0.25) is 0 Å². The Morgan fingerprint density at radius 1 is 1.29 bits per heavy atom. The number of benzene rings is 1. The third-order valence-electron chi connectivity index (χ3n) is 3.45. The van der Waals surface area contributed by atoms with Gasteiger partial charge < -0.3 is 10.1 Å². The van der Waals surface area contributed by atoms with Gasteiger partial charge in [-0.2, -0.15) is 0 Å². The van der Waals surface area contributed by atoms with Crippen LogP contribution in [-0.2, 0) is 0 Å². The molecule has 1 unspecified atom stereocenters. The first kappa shape index (κ1) is 12.3. The molecule has 0 spiro atoms. The zero-order valence-corrected chi connectivity index (χ0v) is 11.5. The van der Waals surface area contributed by atoms with Gasteiger partial charge in [0, 0.05) is 0 Å². The predicted octanol–water partition coefficient (Wildman–Crippen LogP) is 4.03. The minimum Gasteiger partial charge on any atom is -0.489 e. The fraction of sp³-hybridized carbons (Fsp3) is 0.600. The summed E-state index contributed by atoms with van der Waals surface area (Å²) in [6.07, 6.45) is 0. The first-order chi connectivity index (χ1) is 7.88. The van der Waals surface area contributed by atoms with Crippen molar-refractivity contribution in [1.29, 1.82) is 0 Å². The van der Waals surface area contributed by atoms with Gasteiger partial charge in [-0.1, -0.05) is 40.7 Å². The van der Waals surface area contributed by atoms with Crippen LogP contribution in [0, 0.1) is 5.41 Å². The van der Waals surface area contributed by atoms with Gasteiger partial charge in [0.15, 0.2) is 0 Å². The molecule has 0 radical (unpaired) electrons. The fourth-order valence-electron chi connectivity index (χ4n) is 2.01. The summed E-state index contributed by atoms with van der Waals surface area (Å²) >= 11 is 0. The van der Waals surface area contributed by atoms with Crippen molar-refractivity contribution in [1.82, 2.24) is 0 Å². The van der Waals surface area contributed by atoms with Crippen molar-refractivity contribution < 1.29 is 4.74 Å². The molecule has 0 saturated heterocycles. The van der Waals surface area contributed by atoms with E-state index in [4.69, 9.17) is 4.74 Å². The summed E-state index contributed by atoms with van der Waals surface area (Å²) in [5.41, 5.74) is 2.68. The van der Waals surface area contributed by atoms with Crippen LogP contribution in [0.2, 0.25) is 0 Å². The summed E-state index contributed by atoms with van der Waals surface area (Å²) in [5.74, 6) is 1.54. The Bertz CT molecular complexity index is 404. The number of fused-ring (bicyclic) bond motifs is 1. The van der Waals surface area contributed by atoms with Crippen molar-refractivity contribution >= 4 is 5.69 Å². The highest BCUT2D eigenvalue weighted by Gasteiger charge is 2.29. The minimum absolute atomic E-state index is 0.217. The second kappa shape index (κ2) is 4.25. The van der Waals surface area contributed by atoms with E-state index < -0.39 is 0 Å². The van der Waals surface area contributed by atoms with Gasteiger partial charge in [-0.25, -0.2) is 0 Å². The molecule has 0 aliphatic carbocycles. The van der Waals surface area contributed by atoms with Gasteiger partial charge >= 0.3 is 0 Å². The second-order valence-electron chi connectivity index (χ2n) is 6.28. The van der Waals surface area contributed by atoms with Crippen molar-refractivity contribution in [2.24, 2.45) is 5.41 Å². The Kier molecular flexibility index (Phi) is 3.07. The minimum atomic E-state index is 0.217. The first-order valence-electron chi connectivity index (χ1n) is 6.41. The fourth-order valence-corrected chi connectivity index (χ4v) is 2.01. The van der Waals surface area contributed by atoms with E-state index in [1.165, 1.54) is 5.56 Å². The van der Waals surface area contributed by atoms with E-state index in [9.17, 15) is 0 Å². The molecule has 0 aromatic heterocycles. The van der Waals surface area contributed by atoms with Crippen molar-refractivity contribution in [2.45, 2.75) is 46.6 Å². The van der Waals surface area contributed by atoms with E-state index in [0.717, 1.165) is 18.0 Å². The number of rotatable bonds is 1. The molecule has 1 N–H and O–H groups in total. The van der Waals surface area contributed by atoms with Crippen LogP contribution in [0.1, 0.15) is 46.1 Å². The summed E-state index contributed by atoms with van der Waals surface area (Å²) in [7, 11) is 0. The molecular weight excluding hydrogens is 210 g/mol. The lowest BCUT2D eigenvalue weighted by Crippen LogP contribution is -2.41. The Morgan fingerprint density at radius 3 is 2.59 bits per heavy atom. The smallest absolute Gasteiger partial charge is 0.142 e. The van der Waals surface area contributed by atoms with Crippen LogP contribution in [0.3, 0.4) is 0 Å². The zero-order chi connectivity index (χ0) is 12.6. The molecule has 2 heteroatoms. The maximum atomic E-state index is 5.89. The lowest BCUT2D eigenvalue weighted by atomic mass is 9.86. The van der Waals surface area contributed by atoms with Crippen LogP contribution in [0.25, 0.3) is 0 Å². The molecule has 94 valence electrons. The van der Waals surface area contributed by atoms with E-state index >= 15 is 0 Å². The van der Waals surface area contributed by atoms with Crippen LogP contribution in [0.15, 0.2) is 18.2 Å². The van der Waals surface area contributed by atoms with E-state index in [1.807, 2.05) is 0 Å². The third-order valence-corrected chi connectivity index (χ3v) is 3.45. The number of ether oxygens (including phenoxy) is 1. The number of hydrogen-bond acceptors (Lipinski definition) is 2. The SMILES string of the molecule is CC(C)c1ccc2c(c1)OCC(C(C)(C)C)N2. The second-order valence-corrected chi connectivity index (χ2v) is 6.28. The lowest BCUT2D eigenvalue weighted by molar-refractivity contribution is 0.207. The largest absolute Gasteiger partial charge is 0.489 e. The summed E-state index contributed by atoms with van der Waals surface area (Å²) in [4.78, 5) is 0. The zero-order valence-electron chi connectivity index (χ0n) is 11.5. The average molecular weight is 233 g/mol. The molecular formula is C15H23NO. The lowest BCUT2D eigenvalue weighted by Gasteiger charge is -2.36. The average Bonchev–Trinajstić information content (AvgIpc) is 2.26. The molecule has 0 fully saturated rings. The summed E-state index contributed by atoms with van der Waals surface area (Å²) in [6, 6.07) is 6.86. The van der Waals surface area contributed by atoms with Crippen LogP contribution < -0.4 is 10.1 Å². The molecule has 0 amide bonds. The molecule has 2 rings (SSSR count). The summed E-state index contributed by atoms with van der Waals surface area (Å²) in [5, 5.41) is 3.58. The molecule has 1 aliphatic heterocycles. The number of nitrogens with one attached hydrogen (secondary N) is 1. The Morgan fingerprint density at radius 2 is 2.00 bits per heavy atom. The molecule has 2 nitrogen and oxygen atoms in total. The molecule has 0 bridgehead atoms. The van der Waals surface area contributed by atoms with Crippen molar-refractivity contribution in [3.8, 4) is 5.75 Å². The van der Waals surface area contributed by atoms with Crippen LogP contribution in [0.4, 0.5) is 5.69 Å². The normalized spacial score (nSPS) is 19.5. The highest BCUT2D eigenvalue weighted by Crippen LogP contribution is 2.35. The van der Waals surface area contributed by atoms with Gasteiger partial charge in [-0.15, -0.1) is 0 Å². The van der Waals surface area contributed by atoms with E-state index in [2.05, 4.69) is 58.1 Å². The highest BCUT2D eigenvalue weighted by molar-refractivity contribution is 5.60.